The zero-order chi connectivity index (χ0) is 13.5. The maximum absolute atomic E-state index is 11.3. The van der Waals surface area contributed by atoms with Crippen LogP contribution >= 0.6 is 11.8 Å². The number of urea groups is 1. The van der Waals surface area contributed by atoms with Gasteiger partial charge in [-0.2, -0.15) is 0 Å². The minimum Gasteiger partial charge on any atom is -0.398 e. The summed E-state index contributed by atoms with van der Waals surface area (Å²) in [5.74, 6) is 0.316. The number of nitrogen functional groups attached to an aromatic ring is 1. The monoisotopic (exact) mass is 267 g/mol. The van der Waals surface area contributed by atoms with E-state index in [0.717, 1.165) is 16.1 Å². The summed E-state index contributed by atoms with van der Waals surface area (Å²) in [6.45, 7) is 1.95. The molecule has 1 aromatic rings. The Labute approximate surface area is 111 Å². The quantitative estimate of drug-likeness (QED) is 0.570. The summed E-state index contributed by atoms with van der Waals surface area (Å²) in [5, 5.41) is 4.54. The molecule has 0 spiro atoms. The third kappa shape index (κ3) is 4.29. The van der Waals surface area contributed by atoms with E-state index in [1.54, 1.807) is 11.8 Å². The fourth-order valence-electron chi connectivity index (χ4n) is 1.29. The predicted octanol–water partition coefficient (Wildman–Crippen LogP) is 1.52. The fraction of sp³-hybridized carbons (Fsp3) is 0.333. The summed E-state index contributed by atoms with van der Waals surface area (Å²) in [6, 6.07) is 5.21. The van der Waals surface area contributed by atoms with Crippen molar-refractivity contribution < 1.29 is 9.59 Å². The molecule has 0 radical (unpaired) electrons. The number of imide groups is 1. The SMILES string of the molecule is CNC(=O)NC(=O)CCSc1cccc(N)c1C. The summed E-state index contributed by atoms with van der Waals surface area (Å²) in [4.78, 5) is 23.3. The Hall–Kier alpha value is -1.69. The van der Waals surface area contributed by atoms with Crippen molar-refractivity contribution in [2.75, 3.05) is 18.5 Å². The van der Waals surface area contributed by atoms with Crippen molar-refractivity contribution in [3.8, 4) is 0 Å². The molecule has 0 unspecified atom stereocenters. The number of rotatable bonds is 4. The van der Waals surface area contributed by atoms with Crippen LogP contribution < -0.4 is 16.4 Å². The van der Waals surface area contributed by atoms with Crippen LogP contribution in [0.1, 0.15) is 12.0 Å². The van der Waals surface area contributed by atoms with Crippen molar-refractivity contribution in [1.82, 2.24) is 10.6 Å². The zero-order valence-electron chi connectivity index (χ0n) is 10.4. The van der Waals surface area contributed by atoms with E-state index in [2.05, 4.69) is 10.6 Å². The molecular formula is C12H17N3O2S. The number of carbonyl (C=O) groups is 2. The second-order valence-corrected chi connectivity index (χ2v) is 4.83. The normalized spacial score (nSPS) is 9.89. The highest BCUT2D eigenvalue weighted by atomic mass is 32.2. The van der Waals surface area contributed by atoms with Crippen LogP contribution in [0.3, 0.4) is 0 Å². The lowest BCUT2D eigenvalue weighted by Gasteiger charge is -2.07. The average Bonchev–Trinajstić information content (AvgIpc) is 2.34. The highest BCUT2D eigenvalue weighted by Gasteiger charge is 2.07. The zero-order valence-corrected chi connectivity index (χ0v) is 11.3. The Bertz CT molecular complexity index is 449. The minimum absolute atomic E-state index is 0.284. The van der Waals surface area contributed by atoms with E-state index in [4.69, 9.17) is 5.73 Å². The number of nitrogens with one attached hydrogen (secondary N) is 2. The first-order valence-corrected chi connectivity index (χ1v) is 6.52. The van der Waals surface area contributed by atoms with Gasteiger partial charge in [-0.05, 0) is 24.6 Å². The Morgan fingerprint density at radius 2 is 2.11 bits per heavy atom. The summed E-state index contributed by atoms with van der Waals surface area (Å²) in [7, 11) is 1.47. The molecule has 0 saturated heterocycles. The van der Waals surface area contributed by atoms with Crippen LogP contribution in [0.2, 0.25) is 0 Å². The molecule has 98 valence electrons. The van der Waals surface area contributed by atoms with Gasteiger partial charge in [0.15, 0.2) is 0 Å². The fourth-order valence-corrected chi connectivity index (χ4v) is 2.31. The van der Waals surface area contributed by atoms with Crippen LogP contribution in [0, 0.1) is 6.92 Å². The molecular weight excluding hydrogens is 250 g/mol. The lowest BCUT2D eigenvalue weighted by Crippen LogP contribution is -2.37. The van der Waals surface area contributed by atoms with Gasteiger partial charge in [-0.25, -0.2) is 4.79 Å². The molecule has 1 rings (SSSR count). The lowest BCUT2D eigenvalue weighted by molar-refractivity contribution is -0.119. The summed E-state index contributed by atoms with van der Waals surface area (Å²) < 4.78 is 0. The molecule has 1 aromatic carbocycles. The molecule has 0 atom stereocenters. The first kappa shape index (κ1) is 14.4. The molecule has 0 aromatic heterocycles. The topological polar surface area (TPSA) is 84.2 Å². The number of benzene rings is 1. The van der Waals surface area contributed by atoms with Crippen LogP contribution in [0.5, 0.6) is 0 Å². The van der Waals surface area contributed by atoms with Gasteiger partial charge in [0.05, 0.1) is 0 Å². The van der Waals surface area contributed by atoms with Crippen LogP contribution in [-0.2, 0) is 4.79 Å². The summed E-state index contributed by atoms with van der Waals surface area (Å²) >= 11 is 1.55. The van der Waals surface area contributed by atoms with Gasteiger partial charge in [0.1, 0.15) is 0 Å². The number of nitrogens with two attached hydrogens (primary N) is 1. The van der Waals surface area contributed by atoms with Gasteiger partial charge in [0, 0.05) is 29.8 Å². The molecule has 5 nitrogen and oxygen atoms in total. The smallest absolute Gasteiger partial charge is 0.321 e. The van der Waals surface area contributed by atoms with Crippen molar-refractivity contribution >= 4 is 29.4 Å². The van der Waals surface area contributed by atoms with Gasteiger partial charge in [-0.1, -0.05) is 6.07 Å². The van der Waals surface area contributed by atoms with E-state index < -0.39 is 6.03 Å². The van der Waals surface area contributed by atoms with Gasteiger partial charge in [-0.3, -0.25) is 10.1 Å². The van der Waals surface area contributed by atoms with Gasteiger partial charge >= 0.3 is 6.03 Å². The Morgan fingerprint density at radius 1 is 1.39 bits per heavy atom. The van der Waals surface area contributed by atoms with Crippen molar-refractivity contribution in [3.05, 3.63) is 23.8 Å². The summed E-state index contributed by atoms with van der Waals surface area (Å²) in [5.41, 5.74) is 7.56. The molecule has 6 heteroatoms. The van der Waals surface area contributed by atoms with Crippen LogP contribution in [0.15, 0.2) is 23.1 Å². The van der Waals surface area contributed by atoms with E-state index >= 15 is 0 Å². The number of anilines is 1. The van der Waals surface area contributed by atoms with E-state index in [9.17, 15) is 9.59 Å². The summed E-state index contributed by atoms with van der Waals surface area (Å²) in [6.07, 6.45) is 0.284. The predicted molar refractivity (Wildman–Crippen MR) is 73.5 cm³/mol. The van der Waals surface area contributed by atoms with Crippen molar-refractivity contribution in [3.63, 3.8) is 0 Å². The molecule has 3 amide bonds. The van der Waals surface area contributed by atoms with Crippen LogP contribution in [0.25, 0.3) is 0 Å². The minimum atomic E-state index is -0.481. The number of thioether (sulfide) groups is 1. The first-order valence-electron chi connectivity index (χ1n) is 5.54. The molecule has 0 saturated carbocycles. The second-order valence-electron chi connectivity index (χ2n) is 3.70. The highest BCUT2D eigenvalue weighted by Crippen LogP contribution is 2.26. The maximum Gasteiger partial charge on any atom is 0.321 e. The maximum atomic E-state index is 11.3. The number of carbonyl (C=O) groups excluding carboxylic acids is 2. The standard InChI is InChI=1S/C12H17N3O2S/c1-8-9(13)4-3-5-10(8)18-7-6-11(16)15-12(17)14-2/h3-5H,6-7,13H2,1-2H3,(H2,14,15,16,17). The Balaban J connectivity index is 2.40. The number of amides is 3. The highest BCUT2D eigenvalue weighted by molar-refractivity contribution is 7.99. The molecule has 0 aliphatic carbocycles. The van der Waals surface area contributed by atoms with Crippen LogP contribution in [-0.4, -0.2) is 24.7 Å². The molecule has 18 heavy (non-hydrogen) atoms. The van der Waals surface area contributed by atoms with Gasteiger partial charge in [0.2, 0.25) is 5.91 Å². The molecule has 0 aliphatic rings. The Kier molecular flexibility index (Phi) is 5.51. The first-order chi connectivity index (χ1) is 8.54. The molecule has 0 bridgehead atoms. The average molecular weight is 267 g/mol. The second kappa shape index (κ2) is 6.90. The third-order valence-corrected chi connectivity index (χ3v) is 3.55. The number of hydrogen-bond donors (Lipinski definition) is 3. The van der Waals surface area contributed by atoms with Crippen LogP contribution in [0.4, 0.5) is 10.5 Å². The molecule has 0 aliphatic heterocycles. The van der Waals surface area contributed by atoms with Crippen molar-refractivity contribution in [1.29, 1.82) is 0 Å². The largest absolute Gasteiger partial charge is 0.398 e. The van der Waals surface area contributed by atoms with E-state index in [0.29, 0.717) is 5.75 Å². The molecule has 0 fully saturated rings. The molecule has 4 N–H and O–H groups in total. The third-order valence-electron chi connectivity index (χ3n) is 2.39. The van der Waals surface area contributed by atoms with E-state index in [1.807, 2.05) is 25.1 Å². The van der Waals surface area contributed by atoms with Crippen molar-refractivity contribution in [2.24, 2.45) is 0 Å². The number of hydrogen-bond acceptors (Lipinski definition) is 4. The molecule has 0 heterocycles. The van der Waals surface area contributed by atoms with E-state index in [-0.39, 0.29) is 12.3 Å². The lowest BCUT2D eigenvalue weighted by atomic mass is 10.2. The van der Waals surface area contributed by atoms with Gasteiger partial charge in [-0.15, -0.1) is 11.8 Å². The Morgan fingerprint density at radius 3 is 2.78 bits per heavy atom. The van der Waals surface area contributed by atoms with E-state index in [1.165, 1.54) is 7.05 Å². The van der Waals surface area contributed by atoms with Gasteiger partial charge in [0.25, 0.3) is 0 Å². The van der Waals surface area contributed by atoms with Crippen molar-refractivity contribution in [2.45, 2.75) is 18.2 Å². The van der Waals surface area contributed by atoms with Gasteiger partial charge < -0.3 is 11.1 Å².